The van der Waals surface area contributed by atoms with Gasteiger partial charge in [0.15, 0.2) is 6.10 Å². The van der Waals surface area contributed by atoms with E-state index in [2.05, 4.69) is 5.32 Å². The third-order valence-electron chi connectivity index (χ3n) is 2.19. The molecular formula is C12H14FNO4. The van der Waals surface area contributed by atoms with Crippen LogP contribution in [0.3, 0.4) is 0 Å². The zero-order chi connectivity index (χ0) is 13.5. The van der Waals surface area contributed by atoms with Crippen molar-refractivity contribution in [1.29, 1.82) is 0 Å². The number of carbonyl (C=O) groups excluding carboxylic acids is 1. The molecule has 98 valence electrons. The van der Waals surface area contributed by atoms with Gasteiger partial charge in [-0.15, -0.1) is 0 Å². The van der Waals surface area contributed by atoms with Gasteiger partial charge in [-0.25, -0.2) is 9.18 Å². The second-order valence-corrected chi connectivity index (χ2v) is 3.63. The van der Waals surface area contributed by atoms with E-state index in [4.69, 9.17) is 9.84 Å². The number of amides is 1. The average molecular weight is 255 g/mol. The number of anilines is 1. The average Bonchev–Trinajstić information content (AvgIpc) is 2.32. The van der Waals surface area contributed by atoms with Crippen LogP contribution < -0.4 is 5.32 Å². The van der Waals surface area contributed by atoms with Crippen LogP contribution in [0.4, 0.5) is 10.1 Å². The molecule has 18 heavy (non-hydrogen) atoms. The lowest BCUT2D eigenvalue weighted by Gasteiger charge is -2.09. The Hall–Kier alpha value is -1.95. The molecule has 0 aliphatic heterocycles. The molecule has 0 heterocycles. The van der Waals surface area contributed by atoms with Crippen molar-refractivity contribution in [3.63, 3.8) is 0 Å². The Balaban J connectivity index is 2.35. The van der Waals surface area contributed by atoms with Crippen LogP contribution in [0.2, 0.25) is 0 Å². The van der Waals surface area contributed by atoms with Crippen LogP contribution in [0.5, 0.6) is 0 Å². The Kier molecular flexibility index (Phi) is 5.26. The first-order valence-corrected chi connectivity index (χ1v) is 5.39. The van der Waals surface area contributed by atoms with E-state index < -0.39 is 23.8 Å². The van der Waals surface area contributed by atoms with Gasteiger partial charge in [0.05, 0.1) is 18.7 Å². The van der Waals surface area contributed by atoms with Crippen molar-refractivity contribution in [2.24, 2.45) is 0 Å². The number of hydrogen-bond donors (Lipinski definition) is 2. The summed E-state index contributed by atoms with van der Waals surface area (Å²) in [5, 5.41) is 10.9. The van der Waals surface area contributed by atoms with Crippen molar-refractivity contribution in [3.05, 3.63) is 30.1 Å². The molecule has 1 unspecified atom stereocenters. The van der Waals surface area contributed by atoms with E-state index in [9.17, 15) is 14.0 Å². The molecule has 0 radical (unpaired) electrons. The molecule has 5 nitrogen and oxygen atoms in total. The third kappa shape index (κ3) is 4.50. The van der Waals surface area contributed by atoms with Crippen LogP contribution >= 0.6 is 0 Å². The number of rotatable bonds is 6. The fourth-order valence-electron chi connectivity index (χ4n) is 1.17. The van der Waals surface area contributed by atoms with E-state index in [1.807, 2.05) is 0 Å². The molecule has 0 fully saturated rings. The van der Waals surface area contributed by atoms with E-state index in [1.165, 1.54) is 25.1 Å². The zero-order valence-corrected chi connectivity index (χ0v) is 9.85. The zero-order valence-electron chi connectivity index (χ0n) is 9.85. The highest BCUT2D eigenvalue weighted by Crippen LogP contribution is 2.12. The lowest BCUT2D eigenvalue weighted by molar-refractivity contribution is -0.149. The molecular weight excluding hydrogens is 241 g/mol. The number of nitrogens with one attached hydrogen (secondary N) is 1. The fourth-order valence-corrected chi connectivity index (χ4v) is 1.17. The van der Waals surface area contributed by atoms with Gasteiger partial charge in [0.1, 0.15) is 5.82 Å². The van der Waals surface area contributed by atoms with E-state index >= 15 is 0 Å². The van der Waals surface area contributed by atoms with E-state index in [0.717, 1.165) is 0 Å². The molecule has 0 saturated carbocycles. The quantitative estimate of drug-likeness (QED) is 0.810. The first kappa shape index (κ1) is 14.1. The van der Waals surface area contributed by atoms with Crippen molar-refractivity contribution in [3.8, 4) is 0 Å². The van der Waals surface area contributed by atoms with Gasteiger partial charge in [-0.1, -0.05) is 12.1 Å². The Labute approximate surface area is 104 Å². The van der Waals surface area contributed by atoms with Crippen LogP contribution in [-0.4, -0.2) is 29.7 Å². The fraction of sp³-hybridized carbons (Fsp3) is 0.333. The Morgan fingerprint density at radius 1 is 1.44 bits per heavy atom. The summed E-state index contributed by atoms with van der Waals surface area (Å²) in [6, 6.07) is 5.79. The molecule has 6 heteroatoms. The number of ether oxygens (including phenoxy) is 1. The number of benzene rings is 1. The van der Waals surface area contributed by atoms with Crippen molar-refractivity contribution < 1.29 is 23.8 Å². The number of carboxylic acid groups (broad SMARTS) is 1. The summed E-state index contributed by atoms with van der Waals surface area (Å²) in [6.07, 6.45) is -1.00. The normalized spacial score (nSPS) is 11.9. The summed E-state index contributed by atoms with van der Waals surface area (Å²) < 4.78 is 18.1. The summed E-state index contributed by atoms with van der Waals surface area (Å²) >= 11 is 0. The van der Waals surface area contributed by atoms with E-state index in [0.29, 0.717) is 0 Å². The summed E-state index contributed by atoms with van der Waals surface area (Å²) in [7, 11) is 0. The molecule has 0 bridgehead atoms. The maximum Gasteiger partial charge on any atom is 0.332 e. The van der Waals surface area contributed by atoms with Gasteiger partial charge in [-0.05, 0) is 19.1 Å². The van der Waals surface area contributed by atoms with Crippen LogP contribution in [0.1, 0.15) is 13.3 Å². The number of aliphatic carboxylic acids is 1. The van der Waals surface area contributed by atoms with Crippen molar-refractivity contribution in [1.82, 2.24) is 0 Å². The number of carbonyl (C=O) groups is 2. The van der Waals surface area contributed by atoms with Gasteiger partial charge in [0.2, 0.25) is 5.91 Å². The molecule has 1 atom stereocenters. The number of carboxylic acids is 1. The number of para-hydroxylation sites is 1. The van der Waals surface area contributed by atoms with Crippen molar-refractivity contribution in [2.45, 2.75) is 19.4 Å². The molecule has 1 aromatic rings. The van der Waals surface area contributed by atoms with Gasteiger partial charge in [-0.3, -0.25) is 4.79 Å². The molecule has 1 rings (SSSR count). The topological polar surface area (TPSA) is 75.6 Å². The highest BCUT2D eigenvalue weighted by molar-refractivity contribution is 5.90. The molecule has 1 amide bonds. The molecule has 0 saturated heterocycles. The minimum atomic E-state index is -1.09. The monoisotopic (exact) mass is 255 g/mol. The van der Waals surface area contributed by atoms with Crippen LogP contribution in [0, 0.1) is 5.82 Å². The van der Waals surface area contributed by atoms with Gasteiger partial charge in [0.25, 0.3) is 0 Å². The Morgan fingerprint density at radius 3 is 2.72 bits per heavy atom. The molecule has 1 aromatic carbocycles. The lowest BCUT2D eigenvalue weighted by atomic mass is 10.3. The van der Waals surface area contributed by atoms with Crippen LogP contribution in [0.15, 0.2) is 24.3 Å². The first-order chi connectivity index (χ1) is 8.50. The largest absolute Gasteiger partial charge is 0.479 e. The smallest absolute Gasteiger partial charge is 0.332 e. The molecule has 0 aliphatic carbocycles. The maximum atomic E-state index is 13.2. The minimum absolute atomic E-state index is 0.0340. The molecule has 0 aliphatic rings. The predicted molar refractivity (Wildman–Crippen MR) is 62.7 cm³/mol. The molecule has 0 spiro atoms. The first-order valence-electron chi connectivity index (χ1n) is 5.39. The van der Waals surface area contributed by atoms with Crippen molar-refractivity contribution in [2.75, 3.05) is 11.9 Å². The molecule has 2 N–H and O–H groups in total. The summed E-state index contributed by atoms with van der Waals surface area (Å²) in [4.78, 5) is 21.8. The van der Waals surface area contributed by atoms with Gasteiger partial charge < -0.3 is 15.2 Å². The van der Waals surface area contributed by atoms with Gasteiger partial charge >= 0.3 is 5.97 Å². The van der Waals surface area contributed by atoms with E-state index in [-0.39, 0.29) is 18.7 Å². The second kappa shape index (κ2) is 6.70. The maximum absolute atomic E-state index is 13.2. The summed E-state index contributed by atoms with van der Waals surface area (Å²) in [6.45, 7) is 1.34. The minimum Gasteiger partial charge on any atom is -0.479 e. The van der Waals surface area contributed by atoms with E-state index in [1.54, 1.807) is 6.07 Å². The Bertz CT molecular complexity index is 436. The van der Waals surface area contributed by atoms with Crippen LogP contribution in [-0.2, 0) is 14.3 Å². The SMILES string of the molecule is CC(OCCC(=O)Nc1ccccc1F)C(=O)O. The second-order valence-electron chi connectivity index (χ2n) is 3.63. The van der Waals surface area contributed by atoms with Crippen molar-refractivity contribution >= 4 is 17.6 Å². The number of halogens is 1. The molecule has 0 aromatic heterocycles. The summed E-state index contributed by atoms with van der Waals surface area (Å²) in [5.41, 5.74) is 0.0915. The standard InChI is InChI=1S/C12H14FNO4/c1-8(12(16)17)18-7-6-11(15)14-10-5-3-2-4-9(10)13/h2-5,8H,6-7H2,1H3,(H,14,15)(H,16,17). The van der Waals surface area contributed by atoms with Gasteiger partial charge in [-0.2, -0.15) is 0 Å². The summed E-state index contributed by atoms with van der Waals surface area (Å²) in [5.74, 6) is -2.05. The highest BCUT2D eigenvalue weighted by atomic mass is 19.1. The lowest BCUT2D eigenvalue weighted by Crippen LogP contribution is -2.22. The number of hydrogen-bond acceptors (Lipinski definition) is 3. The predicted octanol–water partition coefficient (Wildman–Crippen LogP) is 1.64. The van der Waals surface area contributed by atoms with Gasteiger partial charge in [0, 0.05) is 0 Å². The Morgan fingerprint density at radius 2 is 2.11 bits per heavy atom. The van der Waals surface area contributed by atoms with Crippen LogP contribution in [0.25, 0.3) is 0 Å². The highest BCUT2D eigenvalue weighted by Gasteiger charge is 2.12. The third-order valence-corrected chi connectivity index (χ3v) is 2.19.